The fourth-order valence-electron chi connectivity index (χ4n) is 4.35. The van der Waals surface area contributed by atoms with Crippen LogP contribution in [0.15, 0.2) is 88.5 Å². The summed E-state index contributed by atoms with van der Waals surface area (Å²) >= 11 is 0. The summed E-state index contributed by atoms with van der Waals surface area (Å²) in [4.78, 5) is 9.99. The van der Waals surface area contributed by atoms with Crippen molar-refractivity contribution in [3.63, 3.8) is 0 Å². The number of alkyl halides is 3. The van der Waals surface area contributed by atoms with E-state index in [-0.39, 0.29) is 17.2 Å². The summed E-state index contributed by atoms with van der Waals surface area (Å²) < 4.78 is 42.9. The number of nitrogens with zero attached hydrogens (tertiary/aromatic N) is 6. The van der Waals surface area contributed by atoms with Crippen molar-refractivity contribution < 1.29 is 13.2 Å². The standard InChI is InChI=1S/C27H29F3N8/c1-4-17(2)26(38-32-14-15-33-38)37-36-18(3)21(16-31)25(27(28,29)30)35-24-11-7-10-23-20(24)12-13-22(34-23)19-8-5-6-9-19/h4,7,10-16,19,36H,3,5-6,8-9,31H2,1-2H3/b17-4-,21-16?,35-25?,37-26+. The normalized spacial score (nSPS) is 16.3. The van der Waals surface area contributed by atoms with Gasteiger partial charge in [0.25, 0.3) is 0 Å². The molecule has 198 valence electrons. The number of nitrogens with one attached hydrogen (secondary N) is 1. The highest BCUT2D eigenvalue weighted by Gasteiger charge is 2.39. The first-order valence-electron chi connectivity index (χ1n) is 12.2. The Morgan fingerprint density at radius 1 is 1.16 bits per heavy atom. The van der Waals surface area contributed by atoms with E-state index in [0.717, 1.165) is 37.6 Å². The molecule has 2 aromatic heterocycles. The maximum absolute atomic E-state index is 14.3. The number of aromatic nitrogens is 4. The predicted molar refractivity (Wildman–Crippen MR) is 143 cm³/mol. The number of nitrogens with two attached hydrogens (primary N) is 1. The van der Waals surface area contributed by atoms with Crippen LogP contribution in [0, 0.1) is 0 Å². The first kappa shape index (κ1) is 26.8. The van der Waals surface area contributed by atoms with Crippen LogP contribution >= 0.6 is 0 Å². The number of pyridine rings is 1. The van der Waals surface area contributed by atoms with Gasteiger partial charge in [-0.05, 0) is 56.5 Å². The average Bonchev–Trinajstić information content (AvgIpc) is 3.63. The summed E-state index contributed by atoms with van der Waals surface area (Å²) in [7, 11) is 0. The number of benzene rings is 1. The van der Waals surface area contributed by atoms with Gasteiger partial charge < -0.3 is 5.73 Å². The summed E-state index contributed by atoms with van der Waals surface area (Å²) in [5.41, 5.74) is 8.75. The van der Waals surface area contributed by atoms with Gasteiger partial charge in [-0.15, -0.1) is 4.80 Å². The van der Waals surface area contributed by atoms with Crippen molar-refractivity contribution in [1.29, 1.82) is 0 Å². The minimum atomic E-state index is -4.83. The van der Waals surface area contributed by atoms with Crippen LogP contribution in [-0.4, -0.2) is 37.7 Å². The number of halogens is 3. The van der Waals surface area contributed by atoms with Crippen molar-refractivity contribution in [2.24, 2.45) is 15.8 Å². The highest BCUT2D eigenvalue weighted by molar-refractivity contribution is 6.10. The number of allylic oxidation sites excluding steroid dienone is 3. The fourth-order valence-corrected chi connectivity index (χ4v) is 4.35. The van der Waals surface area contributed by atoms with Crippen LogP contribution in [0.4, 0.5) is 18.9 Å². The molecule has 0 amide bonds. The Morgan fingerprint density at radius 2 is 1.87 bits per heavy atom. The zero-order valence-electron chi connectivity index (χ0n) is 21.2. The zero-order chi connectivity index (χ0) is 27.3. The van der Waals surface area contributed by atoms with Gasteiger partial charge in [0.05, 0.1) is 29.3 Å². The van der Waals surface area contributed by atoms with Gasteiger partial charge >= 0.3 is 6.18 Å². The first-order valence-corrected chi connectivity index (χ1v) is 12.2. The second-order valence-electron chi connectivity index (χ2n) is 8.92. The molecule has 0 unspecified atom stereocenters. The summed E-state index contributed by atoms with van der Waals surface area (Å²) in [5.74, 6) is 0.658. The molecule has 0 bridgehead atoms. The maximum atomic E-state index is 14.3. The first-order chi connectivity index (χ1) is 18.2. The molecule has 8 nitrogen and oxygen atoms in total. The van der Waals surface area contributed by atoms with E-state index >= 15 is 0 Å². The average molecular weight is 523 g/mol. The van der Waals surface area contributed by atoms with Crippen molar-refractivity contribution in [1.82, 2.24) is 25.4 Å². The SMILES string of the molecule is C=C(N/N=C(\C(C)=C/C)n1nccn1)C(=CN)C(=Nc1cccc2nc(C3CCCC3)ccc12)C(F)(F)F. The van der Waals surface area contributed by atoms with Gasteiger partial charge in [-0.25, -0.2) is 4.99 Å². The highest BCUT2D eigenvalue weighted by Crippen LogP contribution is 2.36. The second kappa shape index (κ2) is 11.4. The van der Waals surface area contributed by atoms with Crippen LogP contribution in [-0.2, 0) is 0 Å². The molecule has 11 heteroatoms. The molecular formula is C27H29F3N8. The lowest BCUT2D eigenvalue weighted by Gasteiger charge is -2.17. The smallest absolute Gasteiger partial charge is 0.404 e. The Balaban J connectivity index is 1.70. The van der Waals surface area contributed by atoms with Crippen molar-refractivity contribution in [3.8, 4) is 0 Å². The van der Waals surface area contributed by atoms with Gasteiger partial charge in [0.15, 0.2) is 11.5 Å². The van der Waals surface area contributed by atoms with Crippen molar-refractivity contribution in [2.75, 3.05) is 0 Å². The summed E-state index contributed by atoms with van der Waals surface area (Å²) in [6, 6.07) is 8.61. The van der Waals surface area contributed by atoms with E-state index in [9.17, 15) is 13.2 Å². The molecule has 0 spiro atoms. The van der Waals surface area contributed by atoms with E-state index in [4.69, 9.17) is 10.7 Å². The Morgan fingerprint density at radius 3 is 2.50 bits per heavy atom. The molecular weight excluding hydrogens is 493 g/mol. The molecule has 3 aromatic rings. The molecule has 0 atom stereocenters. The topological polar surface area (TPSA) is 106 Å². The maximum Gasteiger partial charge on any atom is 0.434 e. The van der Waals surface area contributed by atoms with E-state index in [2.05, 4.69) is 32.3 Å². The van der Waals surface area contributed by atoms with Crippen molar-refractivity contribution in [2.45, 2.75) is 51.6 Å². The molecule has 1 saturated carbocycles. The van der Waals surface area contributed by atoms with E-state index in [1.165, 1.54) is 23.3 Å². The van der Waals surface area contributed by atoms with Gasteiger partial charge in [-0.1, -0.05) is 31.6 Å². The van der Waals surface area contributed by atoms with Gasteiger partial charge in [0.1, 0.15) is 0 Å². The van der Waals surface area contributed by atoms with Gasteiger partial charge in [0, 0.05) is 28.8 Å². The predicted octanol–water partition coefficient (Wildman–Crippen LogP) is 5.89. The van der Waals surface area contributed by atoms with Gasteiger partial charge in [-0.2, -0.15) is 28.5 Å². The van der Waals surface area contributed by atoms with E-state index in [0.29, 0.717) is 22.4 Å². The largest absolute Gasteiger partial charge is 0.434 e. The summed E-state index contributed by atoms with van der Waals surface area (Å²) in [5, 5.41) is 12.8. The van der Waals surface area contributed by atoms with Crippen LogP contribution < -0.4 is 11.2 Å². The van der Waals surface area contributed by atoms with Crippen LogP contribution in [0.25, 0.3) is 10.9 Å². The van der Waals surface area contributed by atoms with Crippen LogP contribution in [0.3, 0.4) is 0 Å². The number of fused-ring (bicyclic) bond motifs is 1. The molecule has 1 aliphatic rings. The van der Waals surface area contributed by atoms with Crippen molar-refractivity contribution in [3.05, 3.63) is 84.1 Å². The molecule has 38 heavy (non-hydrogen) atoms. The van der Waals surface area contributed by atoms with Crippen LogP contribution in [0.2, 0.25) is 0 Å². The van der Waals surface area contributed by atoms with Gasteiger partial charge in [0.2, 0.25) is 0 Å². The molecule has 0 aliphatic heterocycles. The quantitative estimate of drug-likeness (QED) is 0.174. The highest BCUT2D eigenvalue weighted by atomic mass is 19.4. The second-order valence-corrected chi connectivity index (χ2v) is 8.92. The lowest BCUT2D eigenvalue weighted by molar-refractivity contribution is -0.0581. The minimum absolute atomic E-state index is 0.127. The van der Waals surface area contributed by atoms with Crippen LogP contribution in [0.1, 0.15) is 51.1 Å². The minimum Gasteiger partial charge on any atom is -0.404 e. The number of rotatable bonds is 7. The molecule has 0 radical (unpaired) electrons. The Kier molecular flexibility index (Phi) is 8.04. The van der Waals surface area contributed by atoms with Gasteiger partial charge in [-0.3, -0.25) is 10.4 Å². The van der Waals surface area contributed by atoms with E-state index in [1.54, 1.807) is 38.1 Å². The molecule has 1 aromatic carbocycles. The van der Waals surface area contributed by atoms with Crippen molar-refractivity contribution >= 4 is 28.1 Å². The molecule has 2 heterocycles. The molecule has 1 fully saturated rings. The number of hydrogen-bond donors (Lipinski definition) is 2. The van der Waals surface area contributed by atoms with E-state index in [1.807, 2.05) is 6.07 Å². The number of hydrogen-bond acceptors (Lipinski definition) is 7. The third-order valence-electron chi connectivity index (χ3n) is 6.44. The lowest BCUT2D eigenvalue weighted by atomic mass is 10.0. The van der Waals surface area contributed by atoms with E-state index < -0.39 is 17.5 Å². The van der Waals surface area contributed by atoms with Crippen LogP contribution in [0.5, 0.6) is 0 Å². The number of hydrazone groups is 1. The lowest BCUT2D eigenvalue weighted by Crippen LogP contribution is -2.29. The molecule has 3 N–H and O–H groups in total. The monoisotopic (exact) mass is 522 g/mol. The molecule has 4 rings (SSSR count). The third-order valence-corrected chi connectivity index (χ3v) is 6.44. The number of aliphatic imine (C=N–C) groups is 1. The zero-order valence-corrected chi connectivity index (χ0v) is 21.2. The molecule has 1 aliphatic carbocycles. The Hall–Kier alpha value is -4.28. The fraction of sp³-hybridized carbons (Fsp3) is 0.296. The Labute approximate surface area is 218 Å². The summed E-state index contributed by atoms with van der Waals surface area (Å²) in [6.07, 6.45) is 5.14. The Bertz CT molecular complexity index is 1430. The third kappa shape index (κ3) is 5.82. The molecule has 0 saturated heterocycles. The summed E-state index contributed by atoms with van der Waals surface area (Å²) in [6.45, 7) is 7.28.